The second-order valence-electron chi connectivity index (χ2n) is 3.14. The van der Waals surface area contributed by atoms with E-state index in [2.05, 4.69) is 0 Å². The number of aliphatic hydroxyl groups is 1. The minimum Gasteiger partial charge on any atom is -0.480 e. The van der Waals surface area contributed by atoms with Crippen LogP contribution in [0, 0.1) is 0 Å². The van der Waals surface area contributed by atoms with Crippen molar-refractivity contribution in [2.45, 2.75) is 13.0 Å². The van der Waals surface area contributed by atoms with Crippen molar-refractivity contribution in [3.63, 3.8) is 0 Å². The van der Waals surface area contributed by atoms with Crippen molar-refractivity contribution in [3.8, 4) is 5.75 Å². The first-order valence-corrected chi connectivity index (χ1v) is 5.19. The molecule has 0 heterocycles. The topological polar surface area (TPSA) is 66.8 Å². The molecule has 6 heteroatoms. The van der Waals surface area contributed by atoms with E-state index in [1.54, 1.807) is 6.92 Å². The van der Waals surface area contributed by atoms with Crippen molar-refractivity contribution in [2.75, 3.05) is 6.61 Å². The van der Waals surface area contributed by atoms with Gasteiger partial charge in [0.15, 0.2) is 6.61 Å². The molecule has 4 nitrogen and oxygen atoms in total. The van der Waals surface area contributed by atoms with E-state index in [4.69, 9.17) is 33.0 Å². The number of carboxylic acids is 1. The van der Waals surface area contributed by atoms with Gasteiger partial charge in [0.1, 0.15) is 10.8 Å². The Hall–Kier alpha value is -0.970. The second kappa shape index (κ2) is 5.39. The second-order valence-corrected chi connectivity index (χ2v) is 3.90. The lowest BCUT2D eigenvalue weighted by Gasteiger charge is -2.12. The lowest BCUT2D eigenvalue weighted by molar-refractivity contribution is -0.139. The van der Waals surface area contributed by atoms with Crippen molar-refractivity contribution in [1.29, 1.82) is 0 Å². The van der Waals surface area contributed by atoms with Crippen LogP contribution in [-0.2, 0) is 4.79 Å². The highest BCUT2D eigenvalue weighted by molar-refractivity contribution is 6.43. The summed E-state index contributed by atoms with van der Waals surface area (Å²) in [5, 5.41) is 18.1. The van der Waals surface area contributed by atoms with Crippen LogP contribution in [0.25, 0.3) is 0 Å². The van der Waals surface area contributed by atoms with Gasteiger partial charge in [-0.2, -0.15) is 0 Å². The zero-order valence-electron chi connectivity index (χ0n) is 8.41. The Morgan fingerprint density at radius 2 is 2.06 bits per heavy atom. The first kappa shape index (κ1) is 13.1. The van der Waals surface area contributed by atoms with Gasteiger partial charge in [0.05, 0.1) is 11.1 Å². The van der Waals surface area contributed by atoms with Gasteiger partial charge in [0.25, 0.3) is 0 Å². The zero-order valence-corrected chi connectivity index (χ0v) is 9.92. The molecule has 1 unspecified atom stereocenters. The van der Waals surface area contributed by atoms with Crippen LogP contribution in [0.3, 0.4) is 0 Å². The van der Waals surface area contributed by atoms with E-state index in [1.165, 1.54) is 12.1 Å². The van der Waals surface area contributed by atoms with Gasteiger partial charge in [-0.25, -0.2) is 4.79 Å². The van der Waals surface area contributed by atoms with E-state index in [1.807, 2.05) is 0 Å². The average molecular weight is 265 g/mol. The summed E-state index contributed by atoms with van der Waals surface area (Å²) in [6.45, 7) is 1.05. The number of carboxylic acid groups (broad SMARTS) is 1. The third-order valence-corrected chi connectivity index (χ3v) is 2.76. The predicted octanol–water partition coefficient (Wildman–Crippen LogP) is 2.51. The van der Waals surface area contributed by atoms with Gasteiger partial charge in [-0.15, -0.1) is 0 Å². The molecular weight excluding hydrogens is 255 g/mol. The number of aliphatic carboxylic acids is 1. The largest absolute Gasteiger partial charge is 0.480 e. The molecule has 1 rings (SSSR count). The van der Waals surface area contributed by atoms with Gasteiger partial charge in [-0.3, -0.25) is 0 Å². The summed E-state index contributed by atoms with van der Waals surface area (Å²) in [7, 11) is 0. The summed E-state index contributed by atoms with van der Waals surface area (Å²) in [5.41, 5.74) is 0.467. The molecule has 0 saturated heterocycles. The minimum atomic E-state index is -1.10. The van der Waals surface area contributed by atoms with Crippen LogP contribution in [-0.4, -0.2) is 22.8 Å². The van der Waals surface area contributed by atoms with Gasteiger partial charge < -0.3 is 14.9 Å². The van der Waals surface area contributed by atoms with E-state index < -0.39 is 18.7 Å². The molecule has 1 atom stereocenters. The van der Waals surface area contributed by atoms with Crippen LogP contribution in [0.1, 0.15) is 18.6 Å². The Balaban J connectivity index is 2.97. The predicted molar refractivity (Wildman–Crippen MR) is 60.2 cm³/mol. The third kappa shape index (κ3) is 3.01. The Morgan fingerprint density at radius 1 is 1.44 bits per heavy atom. The quantitative estimate of drug-likeness (QED) is 0.877. The number of rotatable bonds is 4. The molecule has 0 saturated carbocycles. The molecule has 0 aromatic heterocycles. The molecule has 1 aromatic carbocycles. The fraction of sp³-hybridized carbons (Fsp3) is 0.300. The molecule has 0 radical (unpaired) electrons. The van der Waals surface area contributed by atoms with Crippen LogP contribution in [0.5, 0.6) is 5.75 Å². The first-order valence-electron chi connectivity index (χ1n) is 4.44. The number of ether oxygens (including phenoxy) is 1. The fourth-order valence-corrected chi connectivity index (χ4v) is 1.66. The number of hydrogen-bond acceptors (Lipinski definition) is 3. The van der Waals surface area contributed by atoms with Crippen LogP contribution < -0.4 is 4.74 Å². The maximum absolute atomic E-state index is 10.3. The number of hydrogen-bond donors (Lipinski definition) is 2. The summed E-state index contributed by atoms with van der Waals surface area (Å²) in [5.74, 6) is -0.926. The highest BCUT2D eigenvalue weighted by Crippen LogP contribution is 2.37. The number of carbonyl (C=O) groups is 1. The van der Waals surface area contributed by atoms with Crippen LogP contribution in [0.4, 0.5) is 0 Å². The fourth-order valence-electron chi connectivity index (χ4n) is 1.12. The van der Waals surface area contributed by atoms with Gasteiger partial charge in [0.2, 0.25) is 0 Å². The monoisotopic (exact) mass is 264 g/mol. The molecule has 88 valence electrons. The normalized spacial score (nSPS) is 12.2. The van der Waals surface area contributed by atoms with Crippen molar-refractivity contribution >= 4 is 29.2 Å². The molecule has 0 aliphatic carbocycles. The Morgan fingerprint density at radius 3 is 2.56 bits per heavy atom. The molecule has 16 heavy (non-hydrogen) atoms. The lowest BCUT2D eigenvalue weighted by atomic mass is 10.1. The number of aliphatic hydroxyl groups excluding tert-OH is 1. The molecule has 0 aliphatic rings. The van der Waals surface area contributed by atoms with Gasteiger partial charge >= 0.3 is 5.97 Å². The van der Waals surface area contributed by atoms with Crippen molar-refractivity contribution in [1.82, 2.24) is 0 Å². The van der Waals surface area contributed by atoms with E-state index in [0.29, 0.717) is 5.56 Å². The minimum absolute atomic E-state index is 0.0984. The third-order valence-electron chi connectivity index (χ3n) is 1.88. The maximum atomic E-state index is 10.3. The highest BCUT2D eigenvalue weighted by Gasteiger charge is 2.14. The van der Waals surface area contributed by atoms with Crippen molar-refractivity contribution < 1.29 is 19.7 Å². The van der Waals surface area contributed by atoms with Gasteiger partial charge in [0, 0.05) is 5.56 Å². The molecule has 0 aliphatic heterocycles. The summed E-state index contributed by atoms with van der Waals surface area (Å²) in [6, 6.07) is 3.01. The SMILES string of the molecule is CC(O)c1ccc(OCC(=O)O)c(Cl)c1Cl. The number of benzene rings is 1. The summed E-state index contributed by atoms with van der Waals surface area (Å²) in [6.07, 6.45) is -0.751. The average Bonchev–Trinajstić information content (AvgIpc) is 2.19. The Bertz CT molecular complexity index is 404. The number of halogens is 2. The summed E-state index contributed by atoms with van der Waals surface area (Å²) in [4.78, 5) is 10.3. The molecule has 2 N–H and O–H groups in total. The van der Waals surface area contributed by atoms with Crippen molar-refractivity contribution in [2.24, 2.45) is 0 Å². The highest BCUT2D eigenvalue weighted by atomic mass is 35.5. The van der Waals surface area contributed by atoms with Crippen LogP contribution in [0.2, 0.25) is 10.0 Å². The smallest absolute Gasteiger partial charge is 0.341 e. The lowest BCUT2D eigenvalue weighted by Crippen LogP contribution is -2.10. The molecule has 0 spiro atoms. The van der Waals surface area contributed by atoms with Crippen LogP contribution >= 0.6 is 23.2 Å². The van der Waals surface area contributed by atoms with Crippen molar-refractivity contribution in [3.05, 3.63) is 27.7 Å². The van der Waals surface area contributed by atoms with E-state index in [9.17, 15) is 9.90 Å². The maximum Gasteiger partial charge on any atom is 0.341 e. The van der Waals surface area contributed by atoms with Gasteiger partial charge in [-0.1, -0.05) is 29.3 Å². The molecule has 1 aromatic rings. The molecular formula is C10H10Cl2O4. The Kier molecular flexibility index (Phi) is 4.41. The summed E-state index contributed by atoms with van der Waals surface area (Å²) < 4.78 is 4.92. The Labute approximate surface area is 102 Å². The standard InChI is InChI=1S/C10H10Cl2O4/c1-5(13)6-2-3-7(10(12)9(6)11)16-4-8(14)15/h2-3,5,13H,4H2,1H3,(H,14,15). The summed E-state index contributed by atoms with van der Waals surface area (Å²) >= 11 is 11.8. The molecule has 0 amide bonds. The first-order chi connectivity index (χ1) is 7.43. The van der Waals surface area contributed by atoms with Gasteiger partial charge in [-0.05, 0) is 13.0 Å². The zero-order chi connectivity index (χ0) is 12.3. The van der Waals surface area contributed by atoms with Crippen LogP contribution in [0.15, 0.2) is 12.1 Å². The molecule has 0 bridgehead atoms. The van der Waals surface area contributed by atoms with E-state index in [0.717, 1.165) is 0 Å². The van der Waals surface area contributed by atoms with E-state index in [-0.39, 0.29) is 15.8 Å². The molecule has 0 fully saturated rings. The van der Waals surface area contributed by atoms with E-state index >= 15 is 0 Å².